The minimum atomic E-state index is -0.439. The van der Waals surface area contributed by atoms with Gasteiger partial charge in [0.1, 0.15) is 18.2 Å². The molecule has 0 aliphatic carbocycles. The molecule has 1 aliphatic rings. The molecular weight excluding hydrogens is 248 g/mol. The van der Waals surface area contributed by atoms with E-state index in [-0.39, 0.29) is 12.3 Å². The normalized spacial score (nSPS) is 15.2. The molecule has 2 rings (SSSR count). The molecule has 6 nitrogen and oxygen atoms in total. The first-order valence-corrected chi connectivity index (χ1v) is 6.09. The molecule has 1 heterocycles. The number of hydrogen-bond donors (Lipinski definition) is 0. The predicted octanol–water partition coefficient (Wildman–Crippen LogP) is 2.23. The average molecular weight is 262 g/mol. The monoisotopic (exact) mass is 262 g/mol. The van der Waals surface area contributed by atoms with Gasteiger partial charge in [0.15, 0.2) is 0 Å². The number of piperidine rings is 1. The fraction of sp³-hybridized carbons (Fsp3) is 0.385. The van der Waals surface area contributed by atoms with Crippen LogP contribution in [-0.2, 0) is 16.2 Å². The van der Waals surface area contributed by atoms with Gasteiger partial charge in [-0.05, 0) is 18.9 Å². The SMILES string of the molecule is O=C=C1CCCCN1OCc1ccccc1[N+](=O)[O-]. The zero-order chi connectivity index (χ0) is 13.7. The van der Waals surface area contributed by atoms with Crippen molar-refractivity contribution in [3.8, 4) is 0 Å². The Hall–Kier alpha value is -2.17. The van der Waals surface area contributed by atoms with Gasteiger partial charge in [0, 0.05) is 19.0 Å². The second-order valence-electron chi connectivity index (χ2n) is 4.27. The van der Waals surface area contributed by atoms with E-state index in [4.69, 9.17) is 4.84 Å². The topological polar surface area (TPSA) is 72.7 Å². The fourth-order valence-electron chi connectivity index (χ4n) is 2.01. The van der Waals surface area contributed by atoms with Crippen LogP contribution in [0.5, 0.6) is 0 Å². The number of hydrogen-bond acceptors (Lipinski definition) is 5. The summed E-state index contributed by atoms with van der Waals surface area (Å²) in [7, 11) is 0. The Morgan fingerprint density at radius 3 is 2.89 bits per heavy atom. The highest BCUT2D eigenvalue weighted by Gasteiger charge is 2.19. The predicted molar refractivity (Wildman–Crippen MR) is 67.6 cm³/mol. The highest BCUT2D eigenvalue weighted by atomic mass is 16.7. The van der Waals surface area contributed by atoms with Gasteiger partial charge >= 0.3 is 0 Å². The second-order valence-corrected chi connectivity index (χ2v) is 4.27. The number of benzene rings is 1. The van der Waals surface area contributed by atoms with Crippen LogP contribution in [0.15, 0.2) is 30.0 Å². The first-order valence-electron chi connectivity index (χ1n) is 6.09. The Labute approximate surface area is 110 Å². The van der Waals surface area contributed by atoms with E-state index in [1.807, 2.05) is 5.94 Å². The Kier molecular flexibility index (Phi) is 4.28. The third-order valence-electron chi connectivity index (χ3n) is 3.01. The van der Waals surface area contributed by atoms with E-state index in [0.717, 1.165) is 12.8 Å². The fourth-order valence-corrected chi connectivity index (χ4v) is 2.01. The van der Waals surface area contributed by atoms with Crippen LogP contribution < -0.4 is 0 Å². The molecule has 1 saturated heterocycles. The zero-order valence-electron chi connectivity index (χ0n) is 10.4. The summed E-state index contributed by atoms with van der Waals surface area (Å²) in [5.74, 6) is 1.86. The van der Waals surface area contributed by atoms with Gasteiger partial charge in [-0.1, -0.05) is 12.1 Å². The lowest BCUT2D eigenvalue weighted by molar-refractivity contribution is -0.386. The van der Waals surface area contributed by atoms with Crippen LogP contribution in [0.25, 0.3) is 0 Å². The summed E-state index contributed by atoms with van der Waals surface area (Å²) in [6.07, 6.45) is 2.51. The molecule has 0 N–H and O–H groups in total. The molecule has 1 aromatic rings. The maximum Gasteiger partial charge on any atom is 0.275 e. The van der Waals surface area contributed by atoms with Crippen molar-refractivity contribution in [1.82, 2.24) is 5.06 Å². The number of carbonyl (C=O) groups excluding carboxylic acids is 1. The molecule has 1 aliphatic heterocycles. The van der Waals surface area contributed by atoms with Crippen molar-refractivity contribution < 1.29 is 14.6 Å². The van der Waals surface area contributed by atoms with Crippen LogP contribution >= 0.6 is 0 Å². The summed E-state index contributed by atoms with van der Waals surface area (Å²) < 4.78 is 0. The van der Waals surface area contributed by atoms with E-state index >= 15 is 0 Å². The van der Waals surface area contributed by atoms with E-state index < -0.39 is 4.92 Å². The van der Waals surface area contributed by atoms with Gasteiger partial charge < -0.3 is 0 Å². The Bertz CT molecular complexity index is 523. The molecule has 100 valence electrons. The standard InChI is InChI=1S/C13H14N2O4/c16-9-12-6-3-4-8-14(12)19-10-11-5-1-2-7-13(11)15(17)18/h1-2,5,7H,3-4,6,8,10H2. The minimum Gasteiger partial charge on any atom is -0.268 e. The quantitative estimate of drug-likeness (QED) is 0.472. The number of nitrogens with zero attached hydrogens (tertiary/aromatic N) is 2. The molecule has 1 aromatic carbocycles. The number of rotatable bonds is 4. The minimum absolute atomic E-state index is 0.0242. The number of para-hydroxylation sites is 1. The van der Waals surface area contributed by atoms with Crippen molar-refractivity contribution in [1.29, 1.82) is 0 Å². The molecule has 0 radical (unpaired) electrons. The maximum atomic E-state index is 10.9. The Morgan fingerprint density at radius 2 is 2.16 bits per heavy atom. The number of allylic oxidation sites excluding steroid dienone is 1. The summed E-state index contributed by atoms with van der Waals surface area (Å²) in [6, 6.07) is 6.41. The molecule has 0 unspecified atom stereocenters. The van der Waals surface area contributed by atoms with Crippen LogP contribution in [0, 0.1) is 10.1 Å². The van der Waals surface area contributed by atoms with Crippen molar-refractivity contribution in [2.45, 2.75) is 25.9 Å². The molecule has 0 amide bonds. The van der Waals surface area contributed by atoms with Crippen LogP contribution in [0.4, 0.5) is 5.69 Å². The summed E-state index contributed by atoms with van der Waals surface area (Å²) in [5, 5.41) is 12.4. The summed E-state index contributed by atoms with van der Waals surface area (Å²) in [4.78, 5) is 26.7. The van der Waals surface area contributed by atoms with Gasteiger partial charge in [-0.3, -0.25) is 15.0 Å². The molecule has 0 bridgehead atoms. The number of nitro benzene ring substituents is 1. The van der Waals surface area contributed by atoms with Gasteiger partial charge in [-0.2, -0.15) is 0 Å². The first kappa shape index (κ1) is 13.3. The molecular formula is C13H14N2O4. The van der Waals surface area contributed by atoms with E-state index in [1.165, 1.54) is 11.1 Å². The summed E-state index contributed by atoms with van der Waals surface area (Å²) >= 11 is 0. The van der Waals surface area contributed by atoms with Crippen LogP contribution in [-0.4, -0.2) is 22.5 Å². The third kappa shape index (κ3) is 3.19. The molecule has 0 spiro atoms. The number of nitro groups is 1. The van der Waals surface area contributed by atoms with Crippen molar-refractivity contribution >= 4 is 11.6 Å². The Morgan fingerprint density at radius 1 is 1.37 bits per heavy atom. The van der Waals surface area contributed by atoms with Gasteiger partial charge in [0.25, 0.3) is 5.69 Å². The van der Waals surface area contributed by atoms with Crippen LogP contribution in [0.1, 0.15) is 24.8 Å². The van der Waals surface area contributed by atoms with E-state index in [1.54, 1.807) is 18.2 Å². The van der Waals surface area contributed by atoms with E-state index in [9.17, 15) is 14.9 Å². The lowest BCUT2D eigenvalue weighted by Crippen LogP contribution is -2.28. The first-order chi connectivity index (χ1) is 9.22. The van der Waals surface area contributed by atoms with E-state index in [0.29, 0.717) is 24.2 Å². The van der Waals surface area contributed by atoms with Gasteiger partial charge in [0.05, 0.1) is 10.5 Å². The lowest BCUT2D eigenvalue weighted by atomic mass is 10.1. The molecule has 0 aromatic heterocycles. The molecule has 1 fully saturated rings. The second kappa shape index (κ2) is 6.13. The average Bonchev–Trinajstić information content (AvgIpc) is 2.45. The van der Waals surface area contributed by atoms with Crippen molar-refractivity contribution in [3.63, 3.8) is 0 Å². The van der Waals surface area contributed by atoms with Gasteiger partial charge in [-0.25, -0.2) is 9.86 Å². The van der Waals surface area contributed by atoms with Crippen molar-refractivity contribution in [2.24, 2.45) is 0 Å². The maximum absolute atomic E-state index is 10.9. The highest BCUT2D eigenvalue weighted by molar-refractivity contribution is 5.51. The summed E-state index contributed by atoms with van der Waals surface area (Å²) in [6.45, 7) is 0.688. The lowest BCUT2D eigenvalue weighted by Gasteiger charge is -2.27. The van der Waals surface area contributed by atoms with Crippen LogP contribution in [0.3, 0.4) is 0 Å². The van der Waals surface area contributed by atoms with Crippen LogP contribution in [0.2, 0.25) is 0 Å². The smallest absolute Gasteiger partial charge is 0.268 e. The van der Waals surface area contributed by atoms with Gasteiger partial charge in [-0.15, -0.1) is 0 Å². The Balaban J connectivity index is 2.06. The molecule has 19 heavy (non-hydrogen) atoms. The molecule has 0 saturated carbocycles. The van der Waals surface area contributed by atoms with E-state index in [2.05, 4.69) is 0 Å². The van der Waals surface area contributed by atoms with Crippen molar-refractivity contribution in [3.05, 3.63) is 45.6 Å². The number of hydroxylamine groups is 2. The largest absolute Gasteiger partial charge is 0.275 e. The third-order valence-corrected chi connectivity index (χ3v) is 3.01. The molecule has 6 heteroatoms. The summed E-state index contributed by atoms with van der Waals surface area (Å²) in [5.41, 5.74) is 0.990. The van der Waals surface area contributed by atoms with Gasteiger partial charge in [0.2, 0.25) is 0 Å². The molecule has 0 atom stereocenters. The van der Waals surface area contributed by atoms with Crippen molar-refractivity contribution in [2.75, 3.05) is 6.54 Å². The highest BCUT2D eigenvalue weighted by Crippen LogP contribution is 2.22. The zero-order valence-corrected chi connectivity index (χ0v) is 10.4.